The van der Waals surface area contributed by atoms with Crippen molar-refractivity contribution in [1.29, 1.82) is 0 Å². The van der Waals surface area contributed by atoms with Crippen LogP contribution in [0.3, 0.4) is 0 Å². The van der Waals surface area contributed by atoms with Crippen LogP contribution in [0.4, 0.5) is 5.69 Å². The van der Waals surface area contributed by atoms with Crippen molar-refractivity contribution in [2.24, 2.45) is 0 Å². The van der Waals surface area contributed by atoms with Gasteiger partial charge in [0.05, 0.1) is 16.3 Å². The van der Waals surface area contributed by atoms with Crippen LogP contribution >= 0.6 is 11.6 Å². The molecule has 164 valence electrons. The minimum Gasteiger partial charge on any atom is -0.359 e. The quantitative estimate of drug-likeness (QED) is 0.466. The standard InChI is InChI=1S/C22H19ClN4O4S/c1-13-7-8-16(11-20(13)32(29,30)26-18-6-4-5-17(23)12-18)19-9-10-21(28)27(24-19)22-14(2)25-31-15(22)3/h4-12,26H,1-3H3. The Hall–Kier alpha value is -3.43. The molecule has 32 heavy (non-hydrogen) atoms. The number of hydrogen-bond donors (Lipinski definition) is 1. The van der Waals surface area contributed by atoms with E-state index in [1.807, 2.05) is 0 Å². The van der Waals surface area contributed by atoms with Crippen LogP contribution in [-0.4, -0.2) is 23.4 Å². The largest absolute Gasteiger partial charge is 0.359 e. The summed E-state index contributed by atoms with van der Waals surface area (Å²) in [7, 11) is -3.90. The molecule has 0 unspecified atom stereocenters. The fourth-order valence-corrected chi connectivity index (χ4v) is 4.83. The van der Waals surface area contributed by atoms with Gasteiger partial charge in [-0.05, 0) is 56.7 Å². The van der Waals surface area contributed by atoms with Crippen molar-refractivity contribution in [2.75, 3.05) is 4.72 Å². The summed E-state index contributed by atoms with van der Waals surface area (Å²) in [4.78, 5) is 12.5. The Morgan fingerprint density at radius 2 is 1.81 bits per heavy atom. The highest BCUT2D eigenvalue weighted by atomic mass is 35.5. The fraction of sp³-hybridized carbons (Fsp3) is 0.136. The predicted octanol–water partition coefficient (Wildman–Crippen LogP) is 4.27. The average molecular weight is 471 g/mol. The molecule has 0 saturated heterocycles. The Kier molecular flexibility index (Phi) is 5.62. The van der Waals surface area contributed by atoms with Gasteiger partial charge in [0.2, 0.25) is 0 Å². The van der Waals surface area contributed by atoms with Gasteiger partial charge in [-0.15, -0.1) is 0 Å². The maximum Gasteiger partial charge on any atom is 0.271 e. The van der Waals surface area contributed by atoms with Crippen LogP contribution < -0.4 is 10.3 Å². The van der Waals surface area contributed by atoms with Crippen LogP contribution in [-0.2, 0) is 10.0 Å². The number of hydrogen-bond acceptors (Lipinski definition) is 6. The van der Waals surface area contributed by atoms with Crippen LogP contribution in [0.1, 0.15) is 17.0 Å². The van der Waals surface area contributed by atoms with Gasteiger partial charge in [-0.1, -0.05) is 35.0 Å². The summed E-state index contributed by atoms with van der Waals surface area (Å²) in [5.74, 6) is 0.451. The second kappa shape index (κ2) is 8.25. The molecule has 2 aromatic heterocycles. The van der Waals surface area contributed by atoms with E-state index in [0.29, 0.717) is 44.7 Å². The zero-order valence-electron chi connectivity index (χ0n) is 17.5. The van der Waals surface area contributed by atoms with Crippen molar-refractivity contribution in [3.63, 3.8) is 0 Å². The van der Waals surface area contributed by atoms with E-state index in [1.54, 1.807) is 57.2 Å². The van der Waals surface area contributed by atoms with Gasteiger partial charge < -0.3 is 4.52 Å². The van der Waals surface area contributed by atoms with Crippen molar-refractivity contribution >= 4 is 27.3 Å². The molecule has 0 aliphatic heterocycles. The Labute approximate surface area is 189 Å². The third kappa shape index (κ3) is 4.17. The van der Waals surface area contributed by atoms with E-state index < -0.39 is 10.0 Å². The SMILES string of the molecule is Cc1ccc(-c2ccc(=O)n(-c3c(C)noc3C)n2)cc1S(=O)(=O)Nc1cccc(Cl)c1. The van der Waals surface area contributed by atoms with Crippen LogP contribution in [0.5, 0.6) is 0 Å². The Bertz CT molecular complexity index is 1470. The van der Waals surface area contributed by atoms with Gasteiger partial charge in [0.1, 0.15) is 11.4 Å². The van der Waals surface area contributed by atoms with Gasteiger partial charge in [0.25, 0.3) is 15.6 Å². The monoisotopic (exact) mass is 470 g/mol. The molecule has 1 N–H and O–H groups in total. The first-order chi connectivity index (χ1) is 15.2. The number of nitrogens with one attached hydrogen (secondary N) is 1. The highest BCUT2D eigenvalue weighted by molar-refractivity contribution is 7.92. The topological polar surface area (TPSA) is 107 Å². The van der Waals surface area contributed by atoms with E-state index in [0.717, 1.165) is 0 Å². The maximum absolute atomic E-state index is 13.1. The number of aryl methyl sites for hydroxylation is 3. The van der Waals surface area contributed by atoms with E-state index in [9.17, 15) is 13.2 Å². The number of nitrogens with zero attached hydrogens (tertiary/aromatic N) is 3. The van der Waals surface area contributed by atoms with Crippen LogP contribution in [0.2, 0.25) is 5.02 Å². The van der Waals surface area contributed by atoms with Crippen molar-refractivity contribution in [2.45, 2.75) is 25.7 Å². The molecule has 0 spiro atoms. The van der Waals surface area contributed by atoms with Crippen molar-refractivity contribution in [3.8, 4) is 16.9 Å². The lowest BCUT2D eigenvalue weighted by Gasteiger charge is -2.13. The third-order valence-corrected chi connectivity index (χ3v) is 6.62. The molecule has 0 fully saturated rings. The second-order valence-electron chi connectivity index (χ2n) is 7.24. The van der Waals surface area contributed by atoms with Crippen LogP contribution in [0.15, 0.2) is 68.8 Å². The minimum absolute atomic E-state index is 0.0897. The maximum atomic E-state index is 13.1. The van der Waals surface area contributed by atoms with Gasteiger partial charge in [0, 0.05) is 16.7 Å². The molecule has 0 saturated carbocycles. The zero-order chi connectivity index (χ0) is 23.0. The molecule has 0 bridgehead atoms. The highest BCUT2D eigenvalue weighted by Gasteiger charge is 2.20. The lowest BCUT2D eigenvalue weighted by molar-refractivity contribution is 0.392. The number of benzene rings is 2. The number of sulfonamides is 1. The van der Waals surface area contributed by atoms with E-state index in [2.05, 4.69) is 15.0 Å². The Morgan fingerprint density at radius 3 is 2.50 bits per heavy atom. The van der Waals surface area contributed by atoms with Gasteiger partial charge in [0.15, 0.2) is 5.76 Å². The number of rotatable bonds is 5. The highest BCUT2D eigenvalue weighted by Crippen LogP contribution is 2.26. The zero-order valence-corrected chi connectivity index (χ0v) is 19.0. The second-order valence-corrected chi connectivity index (χ2v) is 9.32. The average Bonchev–Trinajstić information content (AvgIpc) is 3.06. The molecule has 0 atom stereocenters. The van der Waals surface area contributed by atoms with Gasteiger partial charge in [-0.2, -0.15) is 9.78 Å². The molecular formula is C22H19ClN4O4S. The van der Waals surface area contributed by atoms with Crippen molar-refractivity contribution in [3.05, 3.63) is 87.0 Å². The number of aromatic nitrogens is 3. The normalized spacial score (nSPS) is 11.5. The first-order valence-electron chi connectivity index (χ1n) is 9.59. The summed E-state index contributed by atoms with van der Waals surface area (Å²) >= 11 is 5.97. The summed E-state index contributed by atoms with van der Waals surface area (Å²) in [6.45, 7) is 5.10. The molecule has 10 heteroatoms. The minimum atomic E-state index is -3.90. The molecule has 4 aromatic rings. The summed E-state index contributed by atoms with van der Waals surface area (Å²) in [5.41, 5.74) is 2.48. The fourth-order valence-electron chi connectivity index (χ4n) is 3.32. The van der Waals surface area contributed by atoms with E-state index in [1.165, 1.54) is 22.9 Å². The summed E-state index contributed by atoms with van der Waals surface area (Å²) in [5, 5.41) is 8.71. The van der Waals surface area contributed by atoms with Gasteiger partial charge in [-0.3, -0.25) is 9.52 Å². The smallest absolute Gasteiger partial charge is 0.271 e. The van der Waals surface area contributed by atoms with Crippen molar-refractivity contribution in [1.82, 2.24) is 14.9 Å². The molecule has 8 nitrogen and oxygen atoms in total. The predicted molar refractivity (Wildman–Crippen MR) is 122 cm³/mol. The summed E-state index contributed by atoms with van der Waals surface area (Å²) in [6.07, 6.45) is 0. The molecule has 4 rings (SSSR count). The van der Waals surface area contributed by atoms with Gasteiger partial charge in [-0.25, -0.2) is 8.42 Å². The summed E-state index contributed by atoms with van der Waals surface area (Å²) < 4.78 is 35.0. The lowest BCUT2D eigenvalue weighted by Crippen LogP contribution is -2.21. The lowest BCUT2D eigenvalue weighted by atomic mass is 10.1. The first kappa shape index (κ1) is 21.8. The van der Waals surface area contributed by atoms with Crippen LogP contribution in [0.25, 0.3) is 16.9 Å². The van der Waals surface area contributed by atoms with E-state index >= 15 is 0 Å². The third-order valence-electron chi connectivity index (χ3n) is 4.86. The first-order valence-corrected chi connectivity index (χ1v) is 11.4. The molecular weight excluding hydrogens is 452 g/mol. The molecule has 0 amide bonds. The molecule has 2 heterocycles. The molecule has 2 aromatic carbocycles. The molecule has 0 radical (unpaired) electrons. The number of anilines is 1. The summed E-state index contributed by atoms with van der Waals surface area (Å²) in [6, 6.07) is 14.3. The van der Waals surface area contributed by atoms with E-state index in [-0.39, 0.29) is 10.5 Å². The van der Waals surface area contributed by atoms with Gasteiger partial charge >= 0.3 is 0 Å². The van der Waals surface area contributed by atoms with E-state index in [4.69, 9.17) is 16.1 Å². The number of halogens is 1. The Morgan fingerprint density at radius 1 is 1.03 bits per heavy atom. The Balaban J connectivity index is 1.78. The molecule has 0 aliphatic carbocycles. The molecule has 0 aliphatic rings. The van der Waals surface area contributed by atoms with Crippen molar-refractivity contribution < 1.29 is 12.9 Å². The van der Waals surface area contributed by atoms with Crippen LogP contribution in [0, 0.1) is 20.8 Å².